The van der Waals surface area contributed by atoms with E-state index in [4.69, 9.17) is 0 Å². The lowest BCUT2D eigenvalue weighted by Crippen LogP contribution is -2.16. The molecule has 1 N–H and O–H groups in total. The highest BCUT2D eigenvalue weighted by molar-refractivity contribution is 7.99. The van der Waals surface area contributed by atoms with E-state index in [1.54, 1.807) is 0 Å². The van der Waals surface area contributed by atoms with Crippen molar-refractivity contribution in [2.75, 3.05) is 0 Å². The molecule has 1 heterocycles. The van der Waals surface area contributed by atoms with Crippen LogP contribution < -0.4 is 0 Å². The van der Waals surface area contributed by atoms with Crippen LogP contribution in [0.15, 0.2) is 35.4 Å². The lowest BCUT2D eigenvalue weighted by molar-refractivity contribution is -0.120. The molecule has 1 aromatic heterocycles. The number of Topliss-reactive ketones (excluding diaryl/α,β-unsaturated/α-hetero) is 1. The molecule has 2 aromatic rings. The summed E-state index contributed by atoms with van der Waals surface area (Å²) in [6.07, 6.45) is 3.73. The molecule has 1 aromatic carbocycles. The van der Waals surface area contributed by atoms with E-state index in [9.17, 15) is 4.79 Å². The number of para-hydroxylation sites is 1. The first-order valence-electron chi connectivity index (χ1n) is 6.07. The van der Waals surface area contributed by atoms with E-state index < -0.39 is 0 Å². The number of thioether (sulfide) groups is 1. The summed E-state index contributed by atoms with van der Waals surface area (Å²) >= 11 is 1.82. The Bertz CT molecular complexity index is 513. The van der Waals surface area contributed by atoms with Gasteiger partial charge in [-0.3, -0.25) is 4.79 Å². The van der Waals surface area contributed by atoms with Gasteiger partial charge in [0.15, 0.2) is 0 Å². The molecule has 1 unspecified atom stereocenters. The molecule has 1 fully saturated rings. The molecule has 0 spiro atoms. The van der Waals surface area contributed by atoms with Gasteiger partial charge in [-0.05, 0) is 25.0 Å². The normalized spacial score (nSPS) is 20.9. The van der Waals surface area contributed by atoms with Gasteiger partial charge in [-0.15, -0.1) is 11.8 Å². The molecule has 1 aliphatic rings. The number of ketones is 1. The second-order valence-electron chi connectivity index (χ2n) is 4.60. The molecule has 2 nitrogen and oxygen atoms in total. The molecule has 0 radical (unpaired) electrons. The highest BCUT2D eigenvalue weighted by Crippen LogP contribution is 2.33. The summed E-state index contributed by atoms with van der Waals surface area (Å²) < 4.78 is 0. The van der Waals surface area contributed by atoms with Crippen LogP contribution in [0.4, 0.5) is 0 Å². The van der Waals surface area contributed by atoms with Gasteiger partial charge in [-0.1, -0.05) is 18.2 Å². The Kier molecular flexibility index (Phi) is 2.93. The molecule has 3 rings (SSSR count). The number of aromatic amines is 1. The van der Waals surface area contributed by atoms with Gasteiger partial charge in [0, 0.05) is 29.0 Å². The van der Waals surface area contributed by atoms with Crippen molar-refractivity contribution in [3.05, 3.63) is 30.3 Å². The topological polar surface area (TPSA) is 32.9 Å². The van der Waals surface area contributed by atoms with Crippen molar-refractivity contribution in [2.24, 2.45) is 0 Å². The van der Waals surface area contributed by atoms with Crippen LogP contribution in [0.25, 0.3) is 10.9 Å². The van der Waals surface area contributed by atoms with Crippen molar-refractivity contribution in [1.82, 2.24) is 4.98 Å². The summed E-state index contributed by atoms with van der Waals surface area (Å²) in [5.41, 5.74) is 1.18. The second kappa shape index (κ2) is 4.57. The predicted molar refractivity (Wildman–Crippen MR) is 71.4 cm³/mol. The molecule has 0 amide bonds. The van der Waals surface area contributed by atoms with Crippen LogP contribution in [0.5, 0.6) is 0 Å². The molecule has 0 saturated heterocycles. The van der Waals surface area contributed by atoms with Gasteiger partial charge in [-0.25, -0.2) is 0 Å². The van der Waals surface area contributed by atoms with Gasteiger partial charge in [0.25, 0.3) is 0 Å². The summed E-state index contributed by atoms with van der Waals surface area (Å²) in [6, 6.07) is 10.5. The Morgan fingerprint density at radius 2 is 2.18 bits per heavy atom. The van der Waals surface area contributed by atoms with E-state index >= 15 is 0 Å². The predicted octanol–water partition coefficient (Wildman–Crippen LogP) is 3.77. The quantitative estimate of drug-likeness (QED) is 0.873. The van der Waals surface area contributed by atoms with Crippen LogP contribution in [0.1, 0.15) is 25.7 Å². The Balaban J connectivity index is 1.78. The third kappa shape index (κ3) is 2.39. The minimum Gasteiger partial charge on any atom is -0.350 e. The van der Waals surface area contributed by atoms with Crippen LogP contribution in [0, 0.1) is 0 Å². The first-order valence-corrected chi connectivity index (χ1v) is 6.95. The maximum absolute atomic E-state index is 11.4. The van der Waals surface area contributed by atoms with Gasteiger partial charge in [-0.2, -0.15) is 0 Å². The standard InChI is InChI=1S/C14H15NOS/c16-11-5-3-6-12(9-11)17-14-8-10-4-1-2-7-13(10)15-14/h1-2,4,7-8,12,15H,3,5-6,9H2. The summed E-state index contributed by atoms with van der Waals surface area (Å²) in [5, 5.41) is 2.90. The van der Waals surface area contributed by atoms with E-state index in [-0.39, 0.29) is 0 Å². The number of carbonyl (C=O) groups is 1. The number of hydrogen-bond acceptors (Lipinski definition) is 2. The van der Waals surface area contributed by atoms with Gasteiger partial charge >= 0.3 is 0 Å². The molecule has 1 saturated carbocycles. The van der Waals surface area contributed by atoms with Crippen LogP contribution in [0.3, 0.4) is 0 Å². The number of benzene rings is 1. The highest BCUT2D eigenvalue weighted by atomic mass is 32.2. The minimum absolute atomic E-state index is 0.421. The monoisotopic (exact) mass is 245 g/mol. The van der Waals surface area contributed by atoms with Crippen molar-refractivity contribution in [3.8, 4) is 0 Å². The summed E-state index contributed by atoms with van der Waals surface area (Å²) in [5.74, 6) is 0.421. The third-order valence-electron chi connectivity index (χ3n) is 3.24. The number of H-pyrrole nitrogens is 1. The number of hydrogen-bond donors (Lipinski definition) is 1. The van der Waals surface area contributed by atoms with E-state index in [0.717, 1.165) is 25.7 Å². The van der Waals surface area contributed by atoms with Gasteiger partial charge in [0.1, 0.15) is 5.78 Å². The molecule has 1 atom stereocenters. The van der Waals surface area contributed by atoms with E-state index in [0.29, 0.717) is 11.0 Å². The van der Waals surface area contributed by atoms with Gasteiger partial charge in [0.05, 0.1) is 5.03 Å². The Hall–Kier alpha value is -1.22. The van der Waals surface area contributed by atoms with Crippen molar-refractivity contribution in [2.45, 2.75) is 36.0 Å². The number of carbonyl (C=O) groups excluding carboxylic acids is 1. The first kappa shape index (κ1) is 10.9. The molecule has 3 heteroatoms. The Morgan fingerprint density at radius 1 is 1.29 bits per heavy atom. The van der Waals surface area contributed by atoms with Crippen molar-refractivity contribution < 1.29 is 4.79 Å². The molecule has 0 aliphatic heterocycles. The fraction of sp³-hybridized carbons (Fsp3) is 0.357. The lowest BCUT2D eigenvalue weighted by atomic mass is 9.99. The average Bonchev–Trinajstić information content (AvgIpc) is 2.71. The zero-order valence-corrected chi connectivity index (χ0v) is 10.4. The zero-order chi connectivity index (χ0) is 11.7. The van der Waals surface area contributed by atoms with E-state index in [1.165, 1.54) is 15.9 Å². The Morgan fingerprint density at radius 3 is 3.00 bits per heavy atom. The van der Waals surface area contributed by atoms with Gasteiger partial charge in [0.2, 0.25) is 0 Å². The van der Waals surface area contributed by atoms with Crippen molar-refractivity contribution in [1.29, 1.82) is 0 Å². The van der Waals surface area contributed by atoms with Gasteiger partial charge < -0.3 is 4.98 Å². The van der Waals surface area contributed by atoms with Crippen molar-refractivity contribution >= 4 is 28.4 Å². The van der Waals surface area contributed by atoms with Crippen LogP contribution in [0.2, 0.25) is 0 Å². The molecule has 17 heavy (non-hydrogen) atoms. The molecule has 88 valence electrons. The summed E-state index contributed by atoms with van der Waals surface area (Å²) in [7, 11) is 0. The lowest BCUT2D eigenvalue weighted by Gasteiger charge is -2.19. The molecular formula is C14H15NOS. The number of fused-ring (bicyclic) bond motifs is 1. The largest absolute Gasteiger partial charge is 0.350 e. The highest BCUT2D eigenvalue weighted by Gasteiger charge is 2.20. The smallest absolute Gasteiger partial charge is 0.134 e. The van der Waals surface area contributed by atoms with E-state index in [1.807, 2.05) is 17.8 Å². The zero-order valence-electron chi connectivity index (χ0n) is 9.61. The molecular weight excluding hydrogens is 230 g/mol. The second-order valence-corrected chi connectivity index (χ2v) is 5.94. The first-order chi connectivity index (χ1) is 8.31. The maximum atomic E-state index is 11.4. The third-order valence-corrected chi connectivity index (χ3v) is 4.45. The fourth-order valence-corrected chi connectivity index (χ4v) is 3.65. The van der Waals surface area contributed by atoms with Crippen molar-refractivity contribution in [3.63, 3.8) is 0 Å². The number of aromatic nitrogens is 1. The summed E-state index contributed by atoms with van der Waals surface area (Å²) in [4.78, 5) is 14.8. The van der Waals surface area contributed by atoms with Crippen LogP contribution >= 0.6 is 11.8 Å². The van der Waals surface area contributed by atoms with Crippen LogP contribution in [-0.4, -0.2) is 16.0 Å². The number of rotatable bonds is 2. The SMILES string of the molecule is O=C1CCCC(Sc2cc3ccccc3[nH]2)C1. The average molecular weight is 245 g/mol. The summed E-state index contributed by atoms with van der Waals surface area (Å²) in [6.45, 7) is 0. The maximum Gasteiger partial charge on any atom is 0.134 e. The van der Waals surface area contributed by atoms with E-state index in [2.05, 4.69) is 29.2 Å². The fourth-order valence-electron chi connectivity index (χ4n) is 2.38. The minimum atomic E-state index is 0.421. The molecule has 1 aliphatic carbocycles. The Labute approximate surface area is 105 Å². The molecule has 0 bridgehead atoms. The number of nitrogens with one attached hydrogen (secondary N) is 1. The van der Waals surface area contributed by atoms with Crippen LogP contribution in [-0.2, 0) is 4.79 Å².